The summed E-state index contributed by atoms with van der Waals surface area (Å²) in [6.07, 6.45) is 14.4. The third-order valence-electron chi connectivity index (χ3n) is 27.1. The van der Waals surface area contributed by atoms with E-state index in [1.807, 2.05) is 121 Å². The maximum absolute atomic E-state index is 15.5. The van der Waals surface area contributed by atoms with E-state index in [0.717, 1.165) is 243 Å². The molecule has 0 fully saturated rings. The second-order valence-corrected chi connectivity index (χ2v) is 34.8. The van der Waals surface area contributed by atoms with E-state index in [1.54, 1.807) is 24.3 Å². The summed E-state index contributed by atoms with van der Waals surface area (Å²) in [5.74, 6) is 2.23. The highest BCUT2D eigenvalue weighted by molar-refractivity contribution is 6.12. The van der Waals surface area contributed by atoms with Gasteiger partial charge < -0.3 is 28.1 Å². The van der Waals surface area contributed by atoms with Gasteiger partial charge in [0.1, 0.15) is 45.8 Å². The zero-order chi connectivity index (χ0) is 88.1. The summed E-state index contributed by atoms with van der Waals surface area (Å²) < 4.78 is 58.3. The number of hydrogen-bond donors (Lipinski definition) is 0. The summed E-state index contributed by atoms with van der Waals surface area (Å²) in [4.78, 5) is 4.78. The first-order valence-corrected chi connectivity index (χ1v) is 45.7. The van der Waals surface area contributed by atoms with Crippen molar-refractivity contribution in [3.05, 3.63) is 467 Å². The lowest BCUT2D eigenvalue weighted by atomic mass is 9.67. The van der Waals surface area contributed by atoms with Crippen LogP contribution in [0.25, 0.3) is 101 Å². The van der Waals surface area contributed by atoms with Crippen LogP contribution in [0.3, 0.4) is 0 Å². The summed E-state index contributed by atoms with van der Waals surface area (Å²) in [5, 5.41) is 4.14. The number of furan rings is 2. The Morgan fingerprint density at radius 3 is 1.01 bits per heavy atom. The lowest BCUT2D eigenvalue weighted by Crippen LogP contribution is -2.29. The van der Waals surface area contributed by atoms with E-state index in [2.05, 4.69) is 281 Å². The van der Waals surface area contributed by atoms with E-state index in [-0.39, 0.29) is 11.6 Å². The summed E-state index contributed by atoms with van der Waals surface area (Å²) in [6.45, 7) is 17.1. The predicted octanol–water partition coefficient (Wildman–Crippen LogP) is 34.5. The molecule has 0 amide bonds. The van der Waals surface area contributed by atoms with E-state index in [1.165, 1.54) is 33.4 Å². The van der Waals surface area contributed by atoms with E-state index >= 15 is 8.78 Å². The Balaban J connectivity index is 0.706. The van der Waals surface area contributed by atoms with Gasteiger partial charge in [0, 0.05) is 44.3 Å². The molecule has 8 heteroatoms. The minimum Gasteiger partial charge on any atom is -0.457 e. The van der Waals surface area contributed by atoms with Crippen molar-refractivity contribution in [1.82, 2.24) is 0 Å². The van der Waals surface area contributed by atoms with E-state index in [9.17, 15) is 0 Å². The largest absolute Gasteiger partial charge is 0.457 e. The van der Waals surface area contributed by atoms with E-state index < -0.39 is 10.8 Å². The zero-order valence-corrected chi connectivity index (χ0v) is 73.6. The highest BCUT2D eigenvalue weighted by Gasteiger charge is 2.49. The Morgan fingerprint density at radius 1 is 0.300 bits per heavy atom. The van der Waals surface area contributed by atoms with Crippen molar-refractivity contribution in [3.63, 3.8) is 0 Å². The molecule has 2 heterocycles. The number of unbranched alkanes of at least 4 members (excludes halogenated alkanes) is 6. The van der Waals surface area contributed by atoms with Crippen LogP contribution in [0.4, 0.5) is 42.9 Å². The molecule has 19 aromatic rings. The van der Waals surface area contributed by atoms with Gasteiger partial charge in [-0.3, -0.25) is 0 Å². The average molecular weight is 1690 g/mol. The van der Waals surface area contributed by atoms with Crippen LogP contribution < -0.4 is 19.3 Å². The molecular weight excluding hydrogens is 1600 g/mol. The van der Waals surface area contributed by atoms with Gasteiger partial charge in [-0.25, -0.2) is 8.78 Å². The van der Waals surface area contributed by atoms with Crippen LogP contribution in [0.15, 0.2) is 386 Å². The van der Waals surface area contributed by atoms with Crippen LogP contribution in [-0.2, 0) is 23.7 Å². The standard InChI is InChI=1S/C122H98F2N2O4/c1-7-11-13-15-27-83-75-110(100-70-58-92(74-80(100)6)126(116-38-26-34-108-106-32-20-24-40-118(106)130-120(108)116)94-60-72-104-102-30-18-22-36-112(102)122(114(104)78-94,86-47-55-90(124)56-48-86)88-51-67-98(68-52-88)128-96-63-43-82(10-4)44-64-96)84(28-16-14-12-8-2)76-109(83)99-69-57-91(73-79(99)5)125(115-37-25-33-107-105-31-19-23-39-117(105)129-119(107)115)93-59-71-103-101-29-17-21-35-111(101)121(113(103)77-93,85-45-53-89(123)54-46-85)87-49-65-97(66-50-87)127-95-61-41-81(9-3)42-62-95/h9-10,17-26,29-78H,3-4,7-8,11-16,27-28H2,1-2,5-6H3. The number of rotatable bonds is 28. The summed E-state index contributed by atoms with van der Waals surface area (Å²) >= 11 is 0. The first-order chi connectivity index (χ1) is 63.9. The van der Waals surface area contributed by atoms with Crippen LogP contribution in [0.1, 0.15) is 143 Å². The minimum atomic E-state index is -0.899. The van der Waals surface area contributed by atoms with E-state index in [4.69, 9.17) is 18.3 Å². The topological polar surface area (TPSA) is 51.2 Å². The molecule has 634 valence electrons. The van der Waals surface area contributed by atoms with Gasteiger partial charge in [-0.05, 0) is 308 Å². The fraction of sp³-hybridized carbons (Fsp3) is 0.131. The predicted molar refractivity (Wildman–Crippen MR) is 534 cm³/mol. The number of ether oxygens (including phenoxy) is 2. The molecule has 2 aliphatic rings. The molecule has 0 spiro atoms. The molecule has 2 aromatic heterocycles. The Kier molecular flexibility index (Phi) is 21.8. The first kappa shape index (κ1) is 81.9. The third-order valence-corrected chi connectivity index (χ3v) is 27.1. The van der Waals surface area contributed by atoms with Crippen molar-refractivity contribution < 1.29 is 27.1 Å². The second kappa shape index (κ2) is 34.6. The normalized spacial score (nSPS) is 14.2. The third kappa shape index (κ3) is 14.4. The number of hydrogen-bond acceptors (Lipinski definition) is 6. The van der Waals surface area contributed by atoms with Crippen molar-refractivity contribution in [1.29, 1.82) is 0 Å². The summed E-state index contributed by atoms with van der Waals surface area (Å²) in [7, 11) is 0. The number of benzene rings is 17. The molecule has 2 unspecified atom stereocenters. The summed E-state index contributed by atoms with van der Waals surface area (Å²) in [5.41, 5.74) is 31.5. The highest BCUT2D eigenvalue weighted by Crippen LogP contribution is 2.61. The molecule has 0 bridgehead atoms. The SMILES string of the molecule is C=Cc1ccc(Oc2ccc(C3(c4ccc(F)cc4)c4ccccc4-c4ccc(N(c5ccc(-c6cc(CCCCCC)c(-c7ccc(N(c8ccc9c(c8)C(c8ccc(F)cc8)(c8ccc(Oc%10ccc(C=C)cc%10)cc8)c8ccccc8-9)c8cccc9c8oc8ccccc89)cc7C)cc6CCCCCC)c(C)c5)c5cccc6c5oc5ccccc56)cc43)cc2)cc1. The van der Waals surface area contributed by atoms with Crippen molar-refractivity contribution in [2.45, 2.75) is 103 Å². The van der Waals surface area contributed by atoms with Gasteiger partial charge in [-0.15, -0.1) is 0 Å². The van der Waals surface area contributed by atoms with Crippen molar-refractivity contribution >= 4 is 90.2 Å². The Hall–Kier alpha value is -15.1. The van der Waals surface area contributed by atoms with Gasteiger partial charge in [0.25, 0.3) is 0 Å². The van der Waals surface area contributed by atoms with Crippen molar-refractivity contribution in [2.75, 3.05) is 9.80 Å². The smallest absolute Gasteiger partial charge is 0.159 e. The van der Waals surface area contributed by atoms with E-state index in [0.29, 0.717) is 11.5 Å². The molecule has 130 heavy (non-hydrogen) atoms. The summed E-state index contributed by atoms with van der Waals surface area (Å²) in [6, 6.07) is 127. The number of fused-ring (bicyclic) bond motifs is 12. The van der Waals surface area contributed by atoms with Gasteiger partial charge in [0.05, 0.1) is 22.2 Å². The second-order valence-electron chi connectivity index (χ2n) is 34.8. The molecule has 17 aromatic carbocycles. The number of anilines is 6. The van der Waals surface area contributed by atoms with Crippen LogP contribution >= 0.6 is 0 Å². The number of aryl methyl sites for hydroxylation is 4. The Morgan fingerprint density at radius 2 is 0.631 bits per heavy atom. The molecule has 0 saturated carbocycles. The molecule has 0 N–H and O–H groups in total. The number of para-hydroxylation sites is 4. The number of halogens is 2. The molecule has 2 atom stereocenters. The van der Waals surface area contributed by atoms with Gasteiger partial charge >= 0.3 is 0 Å². The monoisotopic (exact) mass is 1690 g/mol. The first-order valence-electron chi connectivity index (χ1n) is 45.7. The number of nitrogens with zero attached hydrogens (tertiary/aromatic N) is 2. The minimum absolute atomic E-state index is 0.302. The lowest BCUT2D eigenvalue weighted by Gasteiger charge is -2.35. The van der Waals surface area contributed by atoms with Crippen LogP contribution in [-0.4, -0.2) is 0 Å². The van der Waals surface area contributed by atoms with Crippen LogP contribution in [0.2, 0.25) is 0 Å². The quantitative estimate of drug-likeness (QED) is 0.0456. The van der Waals surface area contributed by atoms with Crippen molar-refractivity contribution in [3.8, 4) is 67.5 Å². The van der Waals surface area contributed by atoms with Crippen LogP contribution in [0.5, 0.6) is 23.0 Å². The van der Waals surface area contributed by atoms with Gasteiger partial charge in [-0.1, -0.05) is 296 Å². The van der Waals surface area contributed by atoms with Gasteiger partial charge in [0.15, 0.2) is 11.2 Å². The molecule has 0 radical (unpaired) electrons. The maximum atomic E-state index is 15.5. The van der Waals surface area contributed by atoms with Crippen molar-refractivity contribution in [2.24, 2.45) is 0 Å². The Labute approximate surface area is 759 Å². The fourth-order valence-electron chi connectivity index (χ4n) is 20.9. The zero-order valence-electron chi connectivity index (χ0n) is 73.6. The molecular formula is C122H98F2N2O4. The molecule has 0 saturated heterocycles. The Bertz CT molecular complexity index is 7080. The van der Waals surface area contributed by atoms with Gasteiger partial charge in [0.2, 0.25) is 0 Å². The average Bonchev–Trinajstić information content (AvgIpc) is 1.32. The molecule has 6 nitrogen and oxygen atoms in total. The van der Waals surface area contributed by atoms with Gasteiger partial charge in [-0.2, -0.15) is 0 Å². The fourth-order valence-corrected chi connectivity index (χ4v) is 20.9. The molecule has 2 aliphatic carbocycles. The molecule has 0 aliphatic heterocycles. The maximum Gasteiger partial charge on any atom is 0.159 e. The molecule has 21 rings (SSSR count). The lowest BCUT2D eigenvalue weighted by molar-refractivity contribution is 0.482. The highest BCUT2D eigenvalue weighted by atomic mass is 19.1. The van der Waals surface area contributed by atoms with Crippen LogP contribution in [0, 0.1) is 25.5 Å².